The standard InChI is InChI=1S/C12H18O.C5H5.2ClH.Ti/c1-8(2)10-6-5-7-11(9(3)4)12(10)13;1-2-4-5-3-1;;;/h5-9,13H,1-4H3;1-3H,4H2;2*1H;/q;-1;;;. The van der Waals surface area contributed by atoms with Gasteiger partial charge in [-0.3, -0.25) is 6.08 Å². The summed E-state index contributed by atoms with van der Waals surface area (Å²) in [6.07, 6.45) is 10.0. The normalized spacial score (nSPS) is 11.1. The third-order valence-electron chi connectivity index (χ3n) is 2.93. The van der Waals surface area contributed by atoms with Gasteiger partial charge in [-0.15, -0.1) is 31.2 Å². The summed E-state index contributed by atoms with van der Waals surface area (Å²) in [5.41, 5.74) is 2.09. The second-order valence-corrected chi connectivity index (χ2v) is 5.10. The average molecular weight is 364 g/mol. The van der Waals surface area contributed by atoms with Crippen LogP contribution >= 0.6 is 24.8 Å². The molecule has 2 rings (SSSR count). The smallest absolute Gasteiger partial charge is 0.122 e. The van der Waals surface area contributed by atoms with E-state index in [9.17, 15) is 5.11 Å². The first kappa shape index (κ1) is 25.7. The summed E-state index contributed by atoms with van der Waals surface area (Å²) >= 11 is 0. The Morgan fingerprint density at radius 1 is 1.00 bits per heavy atom. The van der Waals surface area contributed by atoms with Gasteiger partial charge in [0.1, 0.15) is 5.75 Å². The summed E-state index contributed by atoms with van der Waals surface area (Å²) in [6, 6.07) is 6.00. The van der Waals surface area contributed by atoms with E-state index in [0.717, 1.165) is 17.5 Å². The van der Waals surface area contributed by atoms with E-state index < -0.39 is 0 Å². The molecular weight excluding hydrogens is 339 g/mol. The Morgan fingerprint density at radius 2 is 1.48 bits per heavy atom. The molecule has 0 saturated heterocycles. The van der Waals surface area contributed by atoms with Crippen molar-refractivity contribution in [2.45, 2.75) is 46.0 Å². The predicted octanol–water partition coefficient (Wildman–Crippen LogP) is 5.79. The Labute approximate surface area is 156 Å². The molecule has 21 heavy (non-hydrogen) atoms. The molecule has 0 unspecified atom stereocenters. The van der Waals surface area contributed by atoms with Gasteiger partial charge in [-0.1, -0.05) is 45.9 Å². The molecule has 118 valence electrons. The quantitative estimate of drug-likeness (QED) is 0.521. The molecule has 0 bridgehead atoms. The fraction of sp³-hybridized carbons (Fsp3) is 0.412. The predicted molar refractivity (Wildman–Crippen MR) is 92.4 cm³/mol. The van der Waals surface area contributed by atoms with Crippen LogP contribution in [-0.4, -0.2) is 5.11 Å². The van der Waals surface area contributed by atoms with Crippen molar-refractivity contribution in [1.29, 1.82) is 0 Å². The molecule has 0 saturated carbocycles. The van der Waals surface area contributed by atoms with Crippen molar-refractivity contribution in [1.82, 2.24) is 0 Å². The van der Waals surface area contributed by atoms with Crippen LogP contribution in [0.4, 0.5) is 0 Å². The minimum atomic E-state index is 0. The molecule has 0 atom stereocenters. The third-order valence-corrected chi connectivity index (χ3v) is 2.93. The van der Waals surface area contributed by atoms with E-state index in [1.165, 1.54) is 0 Å². The zero-order chi connectivity index (χ0) is 13.5. The Balaban J connectivity index is -0.000000349. The van der Waals surface area contributed by atoms with E-state index in [-0.39, 0.29) is 46.5 Å². The molecule has 1 aromatic carbocycles. The Morgan fingerprint density at radius 3 is 1.71 bits per heavy atom. The summed E-state index contributed by atoms with van der Waals surface area (Å²) in [5, 5.41) is 9.93. The maximum Gasteiger partial charge on any atom is 0.122 e. The molecule has 0 aliphatic heterocycles. The zero-order valence-electron chi connectivity index (χ0n) is 13.1. The molecule has 1 aliphatic rings. The molecule has 0 amide bonds. The molecule has 0 heterocycles. The van der Waals surface area contributed by atoms with E-state index in [2.05, 4.69) is 39.8 Å². The van der Waals surface area contributed by atoms with Crippen LogP contribution in [0.2, 0.25) is 0 Å². The topological polar surface area (TPSA) is 20.2 Å². The maximum absolute atomic E-state index is 9.93. The van der Waals surface area contributed by atoms with Crippen LogP contribution in [-0.2, 0) is 21.7 Å². The minimum absolute atomic E-state index is 0. The number of rotatable bonds is 2. The molecular formula is C17H25Cl2OTi-. The van der Waals surface area contributed by atoms with Crippen LogP contribution in [0, 0.1) is 6.08 Å². The van der Waals surface area contributed by atoms with Gasteiger partial charge in [0.2, 0.25) is 0 Å². The van der Waals surface area contributed by atoms with Crippen molar-refractivity contribution in [3.63, 3.8) is 0 Å². The van der Waals surface area contributed by atoms with E-state index >= 15 is 0 Å². The Kier molecular flexibility index (Phi) is 16.5. The van der Waals surface area contributed by atoms with Gasteiger partial charge in [-0.05, 0) is 23.0 Å². The Hall–Kier alpha value is -0.206. The number of phenols is 1. The fourth-order valence-corrected chi connectivity index (χ4v) is 1.85. The number of benzene rings is 1. The van der Waals surface area contributed by atoms with Crippen LogP contribution in [0.25, 0.3) is 0 Å². The van der Waals surface area contributed by atoms with Crippen LogP contribution in [0.5, 0.6) is 5.75 Å². The fourth-order valence-electron chi connectivity index (χ4n) is 1.85. The van der Waals surface area contributed by atoms with Gasteiger partial charge in [-0.2, -0.15) is 6.08 Å². The zero-order valence-corrected chi connectivity index (χ0v) is 16.3. The first-order chi connectivity index (χ1) is 8.54. The van der Waals surface area contributed by atoms with E-state index in [4.69, 9.17) is 0 Å². The number of allylic oxidation sites excluding steroid dienone is 4. The Bertz CT molecular complexity index is 404. The molecule has 1 aromatic rings. The monoisotopic (exact) mass is 363 g/mol. The van der Waals surface area contributed by atoms with Crippen LogP contribution < -0.4 is 0 Å². The summed E-state index contributed by atoms with van der Waals surface area (Å²) < 4.78 is 0. The third kappa shape index (κ3) is 8.73. The van der Waals surface area contributed by atoms with E-state index in [1.54, 1.807) is 0 Å². The van der Waals surface area contributed by atoms with Crippen LogP contribution in [0.15, 0.2) is 36.4 Å². The molecule has 0 aromatic heterocycles. The number of aromatic hydroxyl groups is 1. The van der Waals surface area contributed by atoms with Gasteiger partial charge in [0.15, 0.2) is 0 Å². The summed E-state index contributed by atoms with van der Waals surface area (Å²) in [6.45, 7) is 8.39. The number of hydrogen-bond acceptors (Lipinski definition) is 1. The molecule has 0 fully saturated rings. The minimum Gasteiger partial charge on any atom is -0.507 e. The maximum atomic E-state index is 9.93. The average Bonchev–Trinajstić information content (AvgIpc) is 2.87. The van der Waals surface area contributed by atoms with E-state index in [1.807, 2.05) is 30.4 Å². The summed E-state index contributed by atoms with van der Waals surface area (Å²) in [7, 11) is 0. The molecule has 1 nitrogen and oxygen atoms in total. The van der Waals surface area contributed by atoms with Gasteiger partial charge in [0.05, 0.1) is 0 Å². The van der Waals surface area contributed by atoms with Crippen molar-refractivity contribution in [3.05, 3.63) is 53.6 Å². The molecule has 4 heteroatoms. The van der Waals surface area contributed by atoms with Crippen molar-refractivity contribution in [3.8, 4) is 5.75 Å². The first-order valence-electron chi connectivity index (χ1n) is 6.57. The second kappa shape index (κ2) is 13.5. The summed E-state index contributed by atoms with van der Waals surface area (Å²) in [5.74, 6) is 1.25. The number of hydrogen-bond donors (Lipinski definition) is 1. The van der Waals surface area contributed by atoms with Crippen LogP contribution in [0.3, 0.4) is 0 Å². The molecule has 1 N–H and O–H groups in total. The van der Waals surface area contributed by atoms with Gasteiger partial charge in [0.25, 0.3) is 0 Å². The van der Waals surface area contributed by atoms with Gasteiger partial charge in [-0.25, -0.2) is 12.2 Å². The molecule has 0 radical (unpaired) electrons. The van der Waals surface area contributed by atoms with Gasteiger partial charge in [0, 0.05) is 21.7 Å². The summed E-state index contributed by atoms with van der Waals surface area (Å²) in [4.78, 5) is 0. The van der Waals surface area contributed by atoms with Gasteiger partial charge >= 0.3 is 0 Å². The number of para-hydroxylation sites is 1. The number of phenolic OH excluding ortho intramolecular Hbond substituents is 1. The van der Waals surface area contributed by atoms with Crippen LogP contribution in [0.1, 0.15) is 57.1 Å². The molecule has 1 aliphatic carbocycles. The van der Waals surface area contributed by atoms with Crippen molar-refractivity contribution in [2.24, 2.45) is 0 Å². The second-order valence-electron chi connectivity index (χ2n) is 5.10. The van der Waals surface area contributed by atoms with Crippen molar-refractivity contribution < 1.29 is 26.8 Å². The SMILES string of the molecule is CC(C)c1cccc(C(C)C)c1O.Cl.Cl.[C-]1=CC=CC1.[Ti]. The van der Waals surface area contributed by atoms with Crippen molar-refractivity contribution >= 4 is 24.8 Å². The van der Waals surface area contributed by atoms with Crippen molar-refractivity contribution in [2.75, 3.05) is 0 Å². The largest absolute Gasteiger partial charge is 0.507 e. The molecule has 0 spiro atoms. The van der Waals surface area contributed by atoms with Gasteiger partial charge < -0.3 is 5.11 Å². The number of halogens is 2. The first-order valence-corrected chi connectivity index (χ1v) is 6.57. The van der Waals surface area contributed by atoms with E-state index in [0.29, 0.717) is 17.6 Å².